The average molecular weight is 151 g/mol. The molecule has 2 heterocycles. The Balaban J connectivity index is 2.03. The van der Waals surface area contributed by atoms with Crippen molar-refractivity contribution >= 4 is 0 Å². The van der Waals surface area contributed by atoms with E-state index in [2.05, 4.69) is 27.9 Å². The molecule has 2 aliphatic heterocycles. The molecule has 2 rings (SSSR count). The number of hydrogen-bond acceptors (Lipinski definition) is 3. The molecule has 3 nitrogen and oxygen atoms in total. The van der Waals surface area contributed by atoms with E-state index in [1.807, 2.05) is 6.92 Å². The van der Waals surface area contributed by atoms with Crippen molar-refractivity contribution in [1.29, 1.82) is 0 Å². The van der Waals surface area contributed by atoms with Gasteiger partial charge in [-0.3, -0.25) is 5.43 Å². The van der Waals surface area contributed by atoms with Crippen LogP contribution in [-0.4, -0.2) is 18.0 Å². The minimum absolute atomic E-state index is 1.16. The highest BCUT2D eigenvalue weighted by Crippen LogP contribution is 2.13. The summed E-state index contributed by atoms with van der Waals surface area (Å²) in [6, 6.07) is 0. The summed E-state index contributed by atoms with van der Waals surface area (Å²) in [5.74, 6) is 1.20. The second-order valence-electron chi connectivity index (χ2n) is 2.99. The van der Waals surface area contributed by atoms with Crippen LogP contribution in [0.4, 0.5) is 0 Å². The molecule has 0 aliphatic carbocycles. The SMILES string of the molecule is CC1=CC=C(N2CCC2)NN1. The van der Waals surface area contributed by atoms with E-state index in [4.69, 9.17) is 0 Å². The largest absolute Gasteiger partial charge is 0.357 e. The predicted molar refractivity (Wildman–Crippen MR) is 44.3 cm³/mol. The van der Waals surface area contributed by atoms with Crippen LogP contribution in [-0.2, 0) is 0 Å². The Hall–Kier alpha value is -1.12. The number of allylic oxidation sites excluding steroid dienone is 3. The van der Waals surface area contributed by atoms with Crippen molar-refractivity contribution < 1.29 is 0 Å². The molecule has 0 saturated carbocycles. The molecule has 0 amide bonds. The minimum Gasteiger partial charge on any atom is -0.357 e. The first-order chi connectivity index (χ1) is 5.36. The number of likely N-dealkylation sites (tertiary alicyclic amines) is 1. The van der Waals surface area contributed by atoms with Crippen molar-refractivity contribution in [2.45, 2.75) is 13.3 Å². The Morgan fingerprint density at radius 1 is 1.27 bits per heavy atom. The van der Waals surface area contributed by atoms with E-state index in [1.54, 1.807) is 0 Å². The molecule has 2 N–H and O–H groups in total. The van der Waals surface area contributed by atoms with Crippen LogP contribution in [0, 0.1) is 0 Å². The van der Waals surface area contributed by atoms with Gasteiger partial charge in [0.15, 0.2) is 0 Å². The molecular weight excluding hydrogens is 138 g/mol. The first-order valence-corrected chi connectivity index (χ1v) is 4.02. The van der Waals surface area contributed by atoms with Gasteiger partial charge in [0.2, 0.25) is 0 Å². The van der Waals surface area contributed by atoms with Gasteiger partial charge in [0.25, 0.3) is 0 Å². The summed E-state index contributed by atoms with van der Waals surface area (Å²) in [5, 5.41) is 0. The van der Waals surface area contributed by atoms with E-state index in [0.29, 0.717) is 0 Å². The predicted octanol–water partition coefficient (Wildman–Crippen LogP) is 0.545. The quantitative estimate of drug-likeness (QED) is 0.573. The zero-order chi connectivity index (χ0) is 7.68. The maximum Gasteiger partial charge on any atom is 0.120 e. The molecule has 1 fully saturated rings. The van der Waals surface area contributed by atoms with Gasteiger partial charge >= 0.3 is 0 Å². The number of nitrogens with one attached hydrogen (secondary N) is 2. The third-order valence-corrected chi connectivity index (χ3v) is 2.08. The number of hydrazine groups is 1. The summed E-state index contributed by atoms with van der Waals surface area (Å²) in [6.07, 6.45) is 5.52. The van der Waals surface area contributed by atoms with Crippen molar-refractivity contribution in [2.75, 3.05) is 13.1 Å². The lowest BCUT2D eigenvalue weighted by Crippen LogP contribution is -2.46. The number of nitrogens with zero attached hydrogens (tertiary/aromatic N) is 1. The van der Waals surface area contributed by atoms with Crippen LogP contribution in [0.25, 0.3) is 0 Å². The monoisotopic (exact) mass is 151 g/mol. The Morgan fingerprint density at radius 2 is 2.09 bits per heavy atom. The van der Waals surface area contributed by atoms with Crippen molar-refractivity contribution in [3.05, 3.63) is 23.7 Å². The van der Waals surface area contributed by atoms with Gasteiger partial charge in [-0.15, -0.1) is 0 Å². The average Bonchev–Trinajstić information content (AvgIpc) is 1.90. The highest BCUT2D eigenvalue weighted by atomic mass is 15.5. The molecule has 3 heteroatoms. The highest BCUT2D eigenvalue weighted by molar-refractivity contribution is 5.19. The molecule has 0 radical (unpaired) electrons. The third-order valence-electron chi connectivity index (χ3n) is 2.08. The van der Waals surface area contributed by atoms with Gasteiger partial charge in [-0.05, 0) is 25.5 Å². The lowest BCUT2D eigenvalue weighted by Gasteiger charge is -2.36. The zero-order valence-electron chi connectivity index (χ0n) is 6.72. The summed E-state index contributed by atoms with van der Waals surface area (Å²) < 4.78 is 0. The first-order valence-electron chi connectivity index (χ1n) is 4.02. The van der Waals surface area contributed by atoms with Gasteiger partial charge in [0.05, 0.1) is 0 Å². The topological polar surface area (TPSA) is 27.3 Å². The number of hydrogen-bond donors (Lipinski definition) is 2. The molecule has 0 bridgehead atoms. The third kappa shape index (κ3) is 1.18. The molecule has 60 valence electrons. The second-order valence-corrected chi connectivity index (χ2v) is 2.99. The lowest BCUT2D eigenvalue weighted by atomic mass is 10.2. The van der Waals surface area contributed by atoms with Crippen molar-refractivity contribution in [1.82, 2.24) is 15.8 Å². The van der Waals surface area contributed by atoms with Crippen molar-refractivity contribution in [3.63, 3.8) is 0 Å². The fourth-order valence-electron chi connectivity index (χ4n) is 1.19. The Bertz CT molecular complexity index is 213. The number of rotatable bonds is 1. The van der Waals surface area contributed by atoms with E-state index in [-0.39, 0.29) is 0 Å². The molecule has 0 spiro atoms. The molecule has 1 saturated heterocycles. The van der Waals surface area contributed by atoms with Gasteiger partial charge in [0.1, 0.15) is 5.82 Å². The van der Waals surface area contributed by atoms with E-state index >= 15 is 0 Å². The van der Waals surface area contributed by atoms with Crippen LogP contribution in [0.2, 0.25) is 0 Å². The molecule has 0 aromatic carbocycles. The summed E-state index contributed by atoms with van der Waals surface area (Å²) in [4.78, 5) is 2.32. The molecule has 0 aromatic rings. The Morgan fingerprint density at radius 3 is 2.55 bits per heavy atom. The fourth-order valence-corrected chi connectivity index (χ4v) is 1.19. The second kappa shape index (κ2) is 2.49. The van der Waals surface area contributed by atoms with Crippen LogP contribution >= 0.6 is 0 Å². The lowest BCUT2D eigenvalue weighted by molar-refractivity contribution is 0.215. The van der Waals surface area contributed by atoms with Gasteiger partial charge in [0, 0.05) is 18.8 Å². The zero-order valence-corrected chi connectivity index (χ0v) is 6.72. The maximum absolute atomic E-state index is 3.14. The summed E-state index contributed by atoms with van der Waals surface area (Å²) in [6.45, 7) is 4.41. The van der Waals surface area contributed by atoms with Crippen LogP contribution in [0.15, 0.2) is 23.7 Å². The van der Waals surface area contributed by atoms with Gasteiger partial charge in [-0.25, -0.2) is 0 Å². The van der Waals surface area contributed by atoms with E-state index < -0.39 is 0 Å². The molecule has 0 aromatic heterocycles. The van der Waals surface area contributed by atoms with Crippen LogP contribution in [0.3, 0.4) is 0 Å². The Kier molecular flexibility index (Phi) is 1.49. The highest BCUT2D eigenvalue weighted by Gasteiger charge is 2.17. The Labute approximate surface area is 66.7 Å². The summed E-state index contributed by atoms with van der Waals surface area (Å²) in [7, 11) is 0. The van der Waals surface area contributed by atoms with Crippen molar-refractivity contribution in [2.24, 2.45) is 0 Å². The molecule has 0 atom stereocenters. The van der Waals surface area contributed by atoms with E-state index in [9.17, 15) is 0 Å². The summed E-state index contributed by atoms with van der Waals surface area (Å²) >= 11 is 0. The normalized spacial score (nSPS) is 22.5. The maximum atomic E-state index is 3.14. The van der Waals surface area contributed by atoms with E-state index in [0.717, 1.165) is 5.70 Å². The smallest absolute Gasteiger partial charge is 0.120 e. The van der Waals surface area contributed by atoms with Gasteiger partial charge in [-0.1, -0.05) is 0 Å². The molecule has 0 unspecified atom stereocenters. The van der Waals surface area contributed by atoms with Crippen LogP contribution in [0.5, 0.6) is 0 Å². The molecule has 2 aliphatic rings. The van der Waals surface area contributed by atoms with Gasteiger partial charge < -0.3 is 10.3 Å². The van der Waals surface area contributed by atoms with Crippen molar-refractivity contribution in [3.8, 4) is 0 Å². The minimum atomic E-state index is 1.16. The van der Waals surface area contributed by atoms with E-state index in [1.165, 1.54) is 25.3 Å². The van der Waals surface area contributed by atoms with Crippen LogP contribution in [0.1, 0.15) is 13.3 Å². The van der Waals surface area contributed by atoms with Crippen LogP contribution < -0.4 is 10.9 Å². The van der Waals surface area contributed by atoms with Gasteiger partial charge in [-0.2, -0.15) is 0 Å². The standard InChI is InChI=1S/C8H13N3/c1-7-3-4-8(10-9-7)11-5-2-6-11/h3-4,9-10H,2,5-6H2,1H3. The summed E-state index contributed by atoms with van der Waals surface area (Å²) in [5.41, 5.74) is 7.38. The molecule has 11 heavy (non-hydrogen) atoms. The fraction of sp³-hybridized carbons (Fsp3) is 0.500. The molecular formula is C8H13N3. The first kappa shape index (κ1) is 6.58.